The number of likely N-dealkylation sites (tertiary alicyclic amines) is 1. The molecule has 5 amide bonds. The average molecular weight is 829 g/mol. The number of benzene rings is 1. The number of rotatable bonds is 17. The fraction of sp³-hybridized carbons (Fsp3) is 0.698. The van der Waals surface area contributed by atoms with Gasteiger partial charge in [0, 0.05) is 26.2 Å². The number of hydrogen-bond donors (Lipinski definition) is 4. The summed E-state index contributed by atoms with van der Waals surface area (Å²) in [5, 5.41) is 10.5. The van der Waals surface area contributed by atoms with Crippen LogP contribution < -0.4 is 26.0 Å². The number of carbonyl (C=O) groups excluding carboxylic acids is 5. The predicted octanol–water partition coefficient (Wildman–Crippen LogP) is 4.68. The number of Topliss-reactive ketones (excluding diaryl/α,β-unsaturated/α-hetero) is 1. The molecule has 2 unspecified atom stereocenters. The molecule has 324 valence electrons. The fourth-order valence-electron chi connectivity index (χ4n) is 9.03. The Balaban J connectivity index is 1.60. The molecule has 3 fully saturated rings. The van der Waals surface area contributed by atoms with Crippen molar-refractivity contribution in [2.45, 2.75) is 142 Å². The number of hydrogen-bond acceptors (Lipinski definition) is 8. The summed E-state index contributed by atoms with van der Waals surface area (Å²) in [5.41, 5.74) is -0.489. The molecular formula is C43H68N6O8S. The lowest BCUT2D eigenvalue weighted by Gasteiger charge is -2.43. The maximum Gasteiger partial charge on any atom is 0.315 e. The molecule has 15 heteroatoms. The Kier molecular flexibility index (Phi) is 16.0. The van der Waals surface area contributed by atoms with Crippen molar-refractivity contribution in [2.75, 3.05) is 26.7 Å². The highest BCUT2D eigenvalue weighted by Gasteiger charge is 2.51. The van der Waals surface area contributed by atoms with Crippen molar-refractivity contribution in [1.82, 2.24) is 30.5 Å². The molecule has 0 aromatic heterocycles. The Labute approximate surface area is 346 Å². The van der Waals surface area contributed by atoms with Gasteiger partial charge >= 0.3 is 6.03 Å². The summed E-state index contributed by atoms with van der Waals surface area (Å²) in [6.45, 7) is 18.0. The number of nitrogens with one attached hydrogen (secondary N) is 4. The molecule has 0 bridgehead atoms. The molecule has 1 aromatic carbocycles. The van der Waals surface area contributed by atoms with E-state index in [4.69, 9.17) is 4.74 Å². The molecular weight excluding hydrogens is 761 g/mol. The SMILES string of the molecule is C=CCNC(=O)C(=O)C(CCC)NC(=O)[C@@H]1C(C(C)C)CCN1C(=O)[C@@H](NC(=O)N[C@H]([C@H]1CCN(Cc2ccc(OC)cc2)S1(=O)=O)C(C)(C)C)C1(C)CCCCC1. The van der Waals surface area contributed by atoms with Crippen LogP contribution in [0.5, 0.6) is 5.75 Å². The highest BCUT2D eigenvalue weighted by atomic mass is 32.2. The van der Waals surface area contributed by atoms with Gasteiger partial charge in [0.25, 0.3) is 5.91 Å². The number of nitrogens with zero attached hydrogens (tertiary/aromatic N) is 2. The van der Waals surface area contributed by atoms with E-state index in [2.05, 4.69) is 27.8 Å². The molecule has 3 aliphatic rings. The van der Waals surface area contributed by atoms with E-state index in [0.29, 0.717) is 44.4 Å². The van der Waals surface area contributed by atoms with E-state index in [1.165, 1.54) is 10.4 Å². The molecule has 1 aliphatic carbocycles. The summed E-state index contributed by atoms with van der Waals surface area (Å²) >= 11 is 0. The zero-order chi connectivity index (χ0) is 43.0. The molecule has 4 N–H and O–H groups in total. The average Bonchev–Trinajstić information content (AvgIpc) is 3.75. The van der Waals surface area contributed by atoms with Gasteiger partial charge in [-0.15, -0.1) is 6.58 Å². The third-order valence-corrected chi connectivity index (χ3v) is 14.7. The van der Waals surface area contributed by atoms with E-state index < -0.39 is 79.8 Å². The molecule has 1 saturated carbocycles. The van der Waals surface area contributed by atoms with Gasteiger partial charge < -0.3 is 30.9 Å². The first-order valence-corrected chi connectivity index (χ1v) is 22.5. The minimum Gasteiger partial charge on any atom is -0.497 e. The summed E-state index contributed by atoms with van der Waals surface area (Å²) in [6, 6.07) is 2.80. The minimum absolute atomic E-state index is 0.00920. The fourth-order valence-corrected chi connectivity index (χ4v) is 11.3. The quantitative estimate of drug-likeness (QED) is 0.129. The van der Waals surface area contributed by atoms with Crippen molar-refractivity contribution >= 4 is 39.6 Å². The summed E-state index contributed by atoms with van der Waals surface area (Å²) in [6.07, 6.45) is 7.18. The van der Waals surface area contributed by atoms with Gasteiger partial charge in [0.1, 0.15) is 17.8 Å². The van der Waals surface area contributed by atoms with Crippen LogP contribution in [-0.2, 0) is 35.7 Å². The van der Waals surface area contributed by atoms with Gasteiger partial charge in [0.05, 0.1) is 24.4 Å². The van der Waals surface area contributed by atoms with Crippen molar-refractivity contribution in [1.29, 1.82) is 0 Å². The number of ketones is 1. The molecule has 14 nitrogen and oxygen atoms in total. The zero-order valence-corrected chi connectivity index (χ0v) is 36.7. The molecule has 1 aromatic rings. The lowest BCUT2D eigenvalue weighted by Crippen LogP contribution is -2.64. The van der Waals surface area contributed by atoms with Crippen LogP contribution in [0.2, 0.25) is 0 Å². The number of amides is 5. The van der Waals surface area contributed by atoms with E-state index in [0.717, 1.165) is 24.8 Å². The number of methoxy groups -OCH3 is 1. The van der Waals surface area contributed by atoms with E-state index in [1.807, 2.05) is 60.6 Å². The molecule has 2 heterocycles. The van der Waals surface area contributed by atoms with Crippen LogP contribution in [0.1, 0.15) is 112 Å². The minimum atomic E-state index is -3.84. The van der Waals surface area contributed by atoms with Crippen LogP contribution in [0.25, 0.3) is 0 Å². The van der Waals surface area contributed by atoms with E-state index in [-0.39, 0.29) is 37.9 Å². The highest BCUT2D eigenvalue weighted by Crippen LogP contribution is 2.41. The summed E-state index contributed by atoms with van der Waals surface area (Å²) in [7, 11) is -2.26. The predicted molar refractivity (Wildman–Crippen MR) is 224 cm³/mol. The Morgan fingerprint density at radius 1 is 0.983 bits per heavy atom. The Morgan fingerprint density at radius 3 is 2.21 bits per heavy atom. The van der Waals surface area contributed by atoms with Crippen LogP contribution >= 0.6 is 0 Å². The molecule has 6 atom stereocenters. The molecule has 58 heavy (non-hydrogen) atoms. The standard InChI is InChI=1S/C43H68N6O8S/c1-10-15-32(35(50)39(52)44-24-11-2)45-38(51)34-31(28(3)4)20-26-49(34)40(53)37(43(8)22-13-12-14-23-43)47-41(54)46-36(42(5,6)7)33-21-25-48(58(33,55)56)27-29-16-18-30(57-9)19-17-29/h11,16-19,28,31-34,36-37H,2,10,12-15,20-27H2,1,3-9H3,(H,44,52)(H,45,51)(H2,46,47,54)/t31?,32?,33-,34+,36-,37-/m1/s1. The van der Waals surface area contributed by atoms with Gasteiger partial charge in [-0.25, -0.2) is 13.2 Å². The Morgan fingerprint density at radius 2 is 1.64 bits per heavy atom. The van der Waals surface area contributed by atoms with Crippen molar-refractivity contribution in [2.24, 2.45) is 22.7 Å². The number of ether oxygens (including phenoxy) is 1. The number of urea groups is 1. The van der Waals surface area contributed by atoms with Crippen LogP contribution in [0.4, 0.5) is 4.79 Å². The monoisotopic (exact) mass is 828 g/mol. The molecule has 2 saturated heterocycles. The smallest absolute Gasteiger partial charge is 0.315 e. The van der Waals surface area contributed by atoms with Gasteiger partial charge in [-0.2, -0.15) is 4.31 Å². The second-order valence-corrected chi connectivity index (χ2v) is 20.2. The summed E-state index contributed by atoms with van der Waals surface area (Å²) in [5.74, 6) is -2.03. The van der Waals surface area contributed by atoms with Crippen LogP contribution in [-0.4, -0.2) is 103 Å². The molecule has 0 spiro atoms. The van der Waals surface area contributed by atoms with Crippen LogP contribution in [0.15, 0.2) is 36.9 Å². The number of carbonyl (C=O) groups is 5. The molecule has 2 aliphatic heterocycles. The summed E-state index contributed by atoms with van der Waals surface area (Å²) in [4.78, 5) is 70.9. The number of sulfonamides is 1. The van der Waals surface area contributed by atoms with Gasteiger partial charge in [0.2, 0.25) is 27.6 Å². The van der Waals surface area contributed by atoms with Crippen molar-refractivity contribution in [3.63, 3.8) is 0 Å². The van der Waals surface area contributed by atoms with Gasteiger partial charge in [0.15, 0.2) is 0 Å². The van der Waals surface area contributed by atoms with Gasteiger partial charge in [-0.1, -0.05) is 92.4 Å². The maximum absolute atomic E-state index is 15.0. The first-order valence-electron chi connectivity index (χ1n) is 21.0. The lowest BCUT2D eigenvalue weighted by molar-refractivity contribution is -0.145. The van der Waals surface area contributed by atoms with Crippen molar-refractivity contribution < 1.29 is 37.1 Å². The second-order valence-electron chi connectivity index (χ2n) is 18.0. The van der Waals surface area contributed by atoms with E-state index >= 15 is 0 Å². The second kappa shape index (κ2) is 19.8. The third kappa shape index (κ3) is 11.0. The van der Waals surface area contributed by atoms with Crippen LogP contribution in [0.3, 0.4) is 0 Å². The first-order chi connectivity index (χ1) is 27.3. The van der Waals surface area contributed by atoms with Crippen molar-refractivity contribution in [3.05, 3.63) is 42.5 Å². The first kappa shape index (κ1) is 46.7. The maximum atomic E-state index is 15.0. The Hall–Kier alpha value is -3.98. The van der Waals surface area contributed by atoms with Gasteiger partial charge in [-0.05, 0) is 72.5 Å². The summed E-state index contributed by atoms with van der Waals surface area (Å²) < 4.78 is 34.9. The van der Waals surface area contributed by atoms with Crippen LogP contribution in [0, 0.1) is 22.7 Å². The third-order valence-electron chi connectivity index (χ3n) is 12.4. The molecule has 4 rings (SSSR count). The lowest BCUT2D eigenvalue weighted by atomic mass is 9.70. The molecule has 0 radical (unpaired) electrons. The van der Waals surface area contributed by atoms with E-state index in [9.17, 15) is 32.4 Å². The zero-order valence-electron chi connectivity index (χ0n) is 35.9. The largest absolute Gasteiger partial charge is 0.497 e. The Bertz CT molecular complexity index is 1740. The van der Waals surface area contributed by atoms with Crippen molar-refractivity contribution in [3.8, 4) is 5.75 Å². The highest BCUT2D eigenvalue weighted by molar-refractivity contribution is 7.90. The van der Waals surface area contributed by atoms with Gasteiger partial charge in [-0.3, -0.25) is 19.2 Å². The normalized spacial score (nSPS) is 23.3. The van der Waals surface area contributed by atoms with E-state index in [1.54, 1.807) is 24.1 Å². The topological polar surface area (TPSA) is 183 Å².